The molecule has 4 nitrogen and oxygen atoms in total. The molecule has 0 atom stereocenters. The zero-order valence-electron chi connectivity index (χ0n) is 11.0. The Morgan fingerprint density at radius 2 is 2.06 bits per heavy atom. The van der Waals surface area contributed by atoms with Crippen molar-refractivity contribution in [2.75, 3.05) is 5.73 Å². The molecule has 2 aromatic rings. The van der Waals surface area contributed by atoms with E-state index in [9.17, 15) is 0 Å². The highest BCUT2D eigenvalue weighted by atomic mass is 15.2. The van der Waals surface area contributed by atoms with E-state index in [4.69, 9.17) is 5.73 Å². The number of rotatable bonds is 2. The van der Waals surface area contributed by atoms with Gasteiger partial charge in [0.25, 0.3) is 0 Å². The molecule has 0 radical (unpaired) electrons. The standard InChI is InChI=1S/C13H20N4/c1-9-5-7-15-11-10(9)16-12(14)17(11)8-6-13(2,3)4/h5,7H,6,8H2,1-4H3,(H2,14,16). The van der Waals surface area contributed by atoms with Crippen molar-refractivity contribution in [2.45, 2.75) is 40.7 Å². The van der Waals surface area contributed by atoms with E-state index in [0.717, 1.165) is 29.7 Å². The van der Waals surface area contributed by atoms with Gasteiger partial charge in [-0.15, -0.1) is 0 Å². The number of nitrogens with two attached hydrogens (primary N) is 1. The Labute approximate surface area is 102 Å². The first kappa shape index (κ1) is 11.9. The summed E-state index contributed by atoms with van der Waals surface area (Å²) in [6.07, 6.45) is 2.87. The number of pyridine rings is 1. The molecule has 0 bridgehead atoms. The molecule has 0 saturated carbocycles. The van der Waals surface area contributed by atoms with Gasteiger partial charge in [0.15, 0.2) is 5.65 Å². The van der Waals surface area contributed by atoms with E-state index >= 15 is 0 Å². The van der Waals surface area contributed by atoms with Crippen LogP contribution in [0.2, 0.25) is 0 Å². The van der Waals surface area contributed by atoms with Gasteiger partial charge in [-0.25, -0.2) is 9.97 Å². The van der Waals surface area contributed by atoms with Crippen LogP contribution in [0.5, 0.6) is 0 Å². The summed E-state index contributed by atoms with van der Waals surface area (Å²) >= 11 is 0. The Bertz CT molecular complexity index is 534. The molecule has 0 aliphatic heterocycles. The second-order valence-corrected chi connectivity index (χ2v) is 5.73. The predicted octanol–water partition coefficient (Wildman–Crippen LogP) is 2.76. The van der Waals surface area contributed by atoms with Crippen molar-refractivity contribution in [3.05, 3.63) is 17.8 Å². The summed E-state index contributed by atoms with van der Waals surface area (Å²) in [6.45, 7) is 9.57. The van der Waals surface area contributed by atoms with Crippen molar-refractivity contribution in [3.8, 4) is 0 Å². The molecule has 17 heavy (non-hydrogen) atoms. The van der Waals surface area contributed by atoms with E-state index in [1.807, 2.05) is 23.8 Å². The first-order chi connectivity index (χ1) is 7.88. The quantitative estimate of drug-likeness (QED) is 0.866. The van der Waals surface area contributed by atoms with E-state index in [1.165, 1.54) is 0 Å². The molecule has 4 heteroatoms. The van der Waals surface area contributed by atoms with Gasteiger partial charge in [-0.1, -0.05) is 20.8 Å². The minimum atomic E-state index is 0.285. The van der Waals surface area contributed by atoms with Crippen molar-refractivity contribution >= 4 is 17.1 Å². The number of nitrogens with zero attached hydrogens (tertiary/aromatic N) is 3. The van der Waals surface area contributed by atoms with Crippen LogP contribution in [0.1, 0.15) is 32.8 Å². The number of anilines is 1. The van der Waals surface area contributed by atoms with Gasteiger partial charge in [-0.3, -0.25) is 4.57 Å². The number of fused-ring (bicyclic) bond motifs is 1. The molecule has 2 heterocycles. The van der Waals surface area contributed by atoms with Crippen LogP contribution < -0.4 is 5.73 Å². The number of hydrogen-bond donors (Lipinski definition) is 1. The molecule has 0 aliphatic rings. The van der Waals surface area contributed by atoms with Gasteiger partial charge in [0.05, 0.1) is 0 Å². The van der Waals surface area contributed by atoms with E-state index in [0.29, 0.717) is 5.95 Å². The van der Waals surface area contributed by atoms with Gasteiger partial charge in [0.2, 0.25) is 5.95 Å². The lowest BCUT2D eigenvalue weighted by Gasteiger charge is -2.18. The third-order valence-electron chi connectivity index (χ3n) is 2.95. The Morgan fingerprint density at radius 3 is 2.71 bits per heavy atom. The summed E-state index contributed by atoms with van der Waals surface area (Å²) in [7, 11) is 0. The summed E-state index contributed by atoms with van der Waals surface area (Å²) in [5.74, 6) is 0.561. The summed E-state index contributed by atoms with van der Waals surface area (Å²) in [5, 5.41) is 0. The molecule has 0 amide bonds. The van der Waals surface area contributed by atoms with E-state index in [-0.39, 0.29) is 5.41 Å². The minimum absolute atomic E-state index is 0.285. The van der Waals surface area contributed by atoms with E-state index in [1.54, 1.807) is 0 Å². The largest absolute Gasteiger partial charge is 0.369 e. The lowest BCUT2D eigenvalue weighted by Crippen LogP contribution is -2.12. The monoisotopic (exact) mass is 232 g/mol. The summed E-state index contributed by atoms with van der Waals surface area (Å²) < 4.78 is 2.01. The molecule has 0 aliphatic carbocycles. The van der Waals surface area contributed by atoms with Gasteiger partial charge < -0.3 is 5.73 Å². The van der Waals surface area contributed by atoms with Crippen LogP contribution in [0.4, 0.5) is 5.95 Å². The zero-order valence-corrected chi connectivity index (χ0v) is 11.0. The van der Waals surface area contributed by atoms with Crippen LogP contribution in [-0.2, 0) is 6.54 Å². The molecule has 0 fully saturated rings. The van der Waals surface area contributed by atoms with Crippen LogP contribution in [0, 0.1) is 12.3 Å². The Kier molecular flexibility index (Phi) is 2.81. The van der Waals surface area contributed by atoms with Crippen LogP contribution in [0.15, 0.2) is 12.3 Å². The predicted molar refractivity (Wildman–Crippen MR) is 70.7 cm³/mol. The second kappa shape index (κ2) is 4.02. The number of aromatic nitrogens is 3. The maximum absolute atomic E-state index is 5.96. The topological polar surface area (TPSA) is 56.7 Å². The van der Waals surface area contributed by atoms with Gasteiger partial charge in [-0.2, -0.15) is 0 Å². The van der Waals surface area contributed by atoms with Crippen molar-refractivity contribution in [2.24, 2.45) is 5.41 Å². The van der Waals surface area contributed by atoms with Crippen molar-refractivity contribution < 1.29 is 0 Å². The molecular formula is C13H20N4. The number of hydrogen-bond acceptors (Lipinski definition) is 3. The molecule has 0 unspecified atom stereocenters. The number of imidazole rings is 1. The smallest absolute Gasteiger partial charge is 0.202 e. The fourth-order valence-electron chi connectivity index (χ4n) is 1.82. The van der Waals surface area contributed by atoms with E-state index in [2.05, 4.69) is 30.7 Å². The first-order valence-electron chi connectivity index (χ1n) is 5.96. The normalized spacial score (nSPS) is 12.2. The molecule has 2 N–H and O–H groups in total. The lowest BCUT2D eigenvalue weighted by atomic mass is 9.92. The maximum Gasteiger partial charge on any atom is 0.202 e. The van der Waals surface area contributed by atoms with Gasteiger partial charge in [0, 0.05) is 12.7 Å². The Balaban J connectivity index is 2.40. The average Bonchev–Trinajstić information content (AvgIpc) is 2.52. The molecule has 2 rings (SSSR count). The summed E-state index contributed by atoms with van der Waals surface area (Å²) in [5.41, 5.74) is 9.18. The van der Waals surface area contributed by atoms with Gasteiger partial charge >= 0.3 is 0 Å². The second-order valence-electron chi connectivity index (χ2n) is 5.73. The Hall–Kier alpha value is -1.58. The van der Waals surface area contributed by atoms with Crippen LogP contribution >= 0.6 is 0 Å². The molecule has 0 aromatic carbocycles. The van der Waals surface area contributed by atoms with Crippen LogP contribution in [0.25, 0.3) is 11.2 Å². The number of nitrogen functional groups attached to an aromatic ring is 1. The molecular weight excluding hydrogens is 212 g/mol. The highest BCUT2D eigenvalue weighted by Gasteiger charge is 2.15. The zero-order chi connectivity index (χ0) is 12.6. The third-order valence-corrected chi connectivity index (χ3v) is 2.95. The third kappa shape index (κ3) is 2.40. The van der Waals surface area contributed by atoms with Gasteiger partial charge in [0.1, 0.15) is 5.52 Å². The van der Waals surface area contributed by atoms with Crippen molar-refractivity contribution in [3.63, 3.8) is 0 Å². The summed E-state index contributed by atoms with van der Waals surface area (Å²) in [4.78, 5) is 8.78. The SMILES string of the molecule is Cc1ccnc2c1nc(N)n2CCC(C)(C)C. The van der Waals surface area contributed by atoms with Crippen molar-refractivity contribution in [1.29, 1.82) is 0 Å². The molecule has 0 spiro atoms. The Morgan fingerprint density at radius 1 is 1.35 bits per heavy atom. The highest BCUT2D eigenvalue weighted by Crippen LogP contribution is 2.24. The van der Waals surface area contributed by atoms with Gasteiger partial charge in [-0.05, 0) is 30.4 Å². The fraction of sp³-hybridized carbons (Fsp3) is 0.538. The first-order valence-corrected chi connectivity index (χ1v) is 5.96. The average molecular weight is 232 g/mol. The van der Waals surface area contributed by atoms with E-state index < -0.39 is 0 Å². The molecule has 92 valence electrons. The molecule has 0 saturated heterocycles. The maximum atomic E-state index is 5.96. The minimum Gasteiger partial charge on any atom is -0.369 e. The lowest BCUT2D eigenvalue weighted by molar-refractivity contribution is 0.353. The highest BCUT2D eigenvalue weighted by molar-refractivity contribution is 5.77. The number of aryl methyl sites for hydroxylation is 2. The van der Waals surface area contributed by atoms with Crippen LogP contribution in [-0.4, -0.2) is 14.5 Å². The van der Waals surface area contributed by atoms with Crippen molar-refractivity contribution in [1.82, 2.24) is 14.5 Å². The van der Waals surface area contributed by atoms with Crippen LogP contribution in [0.3, 0.4) is 0 Å². The fourth-order valence-corrected chi connectivity index (χ4v) is 1.82. The summed E-state index contributed by atoms with van der Waals surface area (Å²) in [6, 6.07) is 1.96. The molecule has 2 aromatic heterocycles.